The van der Waals surface area contributed by atoms with E-state index in [1.165, 1.54) is 65.9 Å². The van der Waals surface area contributed by atoms with E-state index in [0.29, 0.717) is 11.8 Å². The van der Waals surface area contributed by atoms with Crippen LogP contribution in [0.3, 0.4) is 0 Å². The van der Waals surface area contributed by atoms with Crippen molar-refractivity contribution in [1.29, 1.82) is 0 Å². The van der Waals surface area contributed by atoms with Gasteiger partial charge in [0.2, 0.25) is 11.8 Å². The summed E-state index contributed by atoms with van der Waals surface area (Å²) in [4.78, 5) is 0. The molecular weight excluding hydrogens is 585 g/mol. The van der Waals surface area contributed by atoms with Crippen LogP contribution in [0.1, 0.15) is 16.7 Å². The summed E-state index contributed by atoms with van der Waals surface area (Å²) < 4.78 is 6.44. The third-order valence-corrected chi connectivity index (χ3v) is 9.66. The zero-order chi connectivity index (χ0) is 32.4. The quantitative estimate of drug-likeness (QED) is 0.181. The minimum Gasteiger partial charge on any atom is -0.416 e. The molecule has 0 N–H and O–H groups in total. The molecule has 228 valence electrons. The summed E-state index contributed by atoms with van der Waals surface area (Å²) in [5, 5.41) is 16.3. The van der Waals surface area contributed by atoms with Gasteiger partial charge in [-0.3, -0.25) is 0 Å². The normalized spacial score (nSPS) is 11.6. The molecule has 0 atom stereocenters. The number of hydrogen-bond donors (Lipinski definition) is 0. The second-order valence-electron chi connectivity index (χ2n) is 12.9. The smallest absolute Gasteiger partial charge is 0.248 e. The van der Waals surface area contributed by atoms with E-state index in [-0.39, 0.29) is 0 Å². The van der Waals surface area contributed by atoms with Crippen molar-refractivity contribution in [2.45, 2.75) is 20.8 Å². The van der Waals surface area contributed by atoms with Crippen LogP contribution < -0.4 is 0 Å². The zero-order valence-corrected chi connectivity index (χ0v) is 27.1. The largest absolute Gasteiger partial charge is 0.416 e. The minimum absolute atomic E-state index is 0.511. The van der Waals surface area contributed by atoms with Gasteiger partial charge in [-0.25, -0.2) is 0 Å². The lowest BCUT2D eigenvalue weighted by atomic mass is 9.82. The van der Waals surface area contributed by atoms with Crippen molar-refractivity contribution in [2.75, 3.05) is 0 Å². The lowest BCUT2D eigenvalue weighted by Crippen LogP contribution is -1.94. The van der Waals surface area contributed by atoms with E-state index >= 15 is 0 Å². The Morgan fingerprint density at radius 2 is 0.729 bits per heavy atom. The maximum Gasteiger partial charge on any atom is 0.248 e. The number of rotatable bonds is 5. The Hall–Kier alpha value is -6.06. The first-order valence-electron chi connectivity index (χ1n) is 16.4. The predicted molar refractivity (Wildman–Crippen MR) is 199 cm³/mol. The number of aryl methyl sites for hydroxylation is 3. The van der Waals surface area contributed by atoms with Gasteiger partial charge in [0.25, 0.3) is 0 Å². The van der Waals surface area contributed by atoms with Gasteiger partial charge in [-0.1, -0.05) is 132 Å². The highest BCUT2D eigenvalue weighted by atomic mass is 16.4. The fourth-order valence-corrected chi connectivity index (χ4v) is 7.12. The van der Waals surface area contributed by atoms with Gasteiger partial charge >= 0.3 is 0 Å². The molecule has 0 fully saturated rings. The summed E-state index contributed by atoms with van der Waals surface area (Å²) in [6, 6.07) is 50.3. The van der Waals surface area contributed by atoms with Crippen LogP contribution in [-0.4, -0.2) is 10.2 Å². The molecule has 3 heteroatoms. The first-order valence-corrected chi connectivity index (χ1v) is 16.4. The summed E-state index contributed by atoms with van der Waals surface area (Å²) in [5.41, 5.74) is 12.7. The van der Waals surface area contributed by atoms with Crippen molar-refractivity contribution in [1.82, 2.24) is 10.2 Å². The highest BCUT2D eigenvalue weighted by Gasteiger charge is 2.23. The van der Waals surface area contributed by atoms with Gasteiger partial charge in [0.05, 0.1) is 0 Å². The maximum atomic E-state index is 6.44. The Morgan fingerprint density at radius 1 is 0.354 bits per heavy atom. The summed E-state index contributed by atoms with van der Waals surface area (Å²) in [7, 11) is 0. The third kappa shape index (κ3) is 4.58. The molecule has 0 saturated heterocycles. The molecule has 1 heterocycles. The second-order valence-corrected chi connectivity index (χ2v) is 12.9. The highest BCUT2D eigenvalue weighted by molar-refractivity contribution is 6.31. The zero-order valence-electron chi connectivity index (χ0n) is 27.1. The van der Waals surface area contributed by atoms with Gasteiger partial charge in [0, 0.05) is 11.1 Å². The van der Waals surface area contributed by atoms with Gasteiger partial charge < -0.3 is 4.42 Å². The van der Waals surface area contributed by atoms with E-state index in [4.69, 9.17) is 4.42 Å². The van der Waals surface area contributed by atoms with Gasteiger partial charge in [0.15, 0.2) is 0 Å². The van der Waals surface area contributed by atoms with E-state index in [1.807, 2.05) is 30.3 Å². The molecular formula is C45H32N2O. The average molecular weight is 617 g/mol. The Kier molecular flexibility index (Phi) is 6.48. The van der Waals surface area contributed by atoms with Gasteiger partial charge in [-0.2, -0.15) is 0 Å². The van der Waals surface area contributed by atoms with Crippen LogP contribution in [0.15, 0.2) is 144 Å². The standard InChI is InChI=1S/C45H32N2O/c1-27-9-15-30(16-10-27)38-25-39(31-17-11-28(2)12-18-31)35-23-24-37-41(45-47-46-44(48-45)33-7-5-4-6-8-33)26-40(32-19-13-29(3)14-20-32)36-22-21-34(38)42(35)43(36)37/h4-26H,1-3H3. The first-order chi connectivity index (χ1) is 23.5. The molecule has 0 aliphatic carbocycles. The molecule has 3 nitrogen and oxygen atoms in total. The van der Waals surface area contributed by atoms with Gasteiger partial charge in [-0.05, 0) is 111 Å². The molecule has 0 unspecified atom stereocenters. The fraction of sp³-hybridized carbons (Fsp3) is 0.0667. The van der Waals surface area contributed by atoms with E-state index in [1.54, 1.807) is 0 Å². The van der Waals surface area contributed by atoms with Crippen molar-refractivity contribution < 1.29 is 4.42 Å². The van der Waals surface area contributed by atoms with E-state index < -0.39 is 0 Å². The molecule has 0 spiro atoms. The van der Waals surface area contributed by atoms with Crippen LogP contribution in [0.2, 0.25) is 0 Å². The average Bonchev–Trinajstić information content (AvgIpc) is 3.62. The predicted octanol–water partition coefficient (Wildman–Crippen LogP) is 12.2. The van der Waals surface area contributed by atoms with E-state index in [0.717, 1.165) is 27.6 Å². The summed E-state index contributed by atoms with van der Waals surface area (Å²) >= 11 is 0. The van der Waals surface area contributed by atoms with Crippen molar-refractivity contribution >= 4 is 32.3 Å². The molecule has 0 aliphatic heterocycles. The van der Waals surface area contributed by atoms with Crippen LogP contribution in [-0.2, 0) is 0 Å². The number of hydrogen-bond acceptors (Lipinski definition) is 3. The third-order valence-electron chi connectivity index (χ3n) is 9.66. The maximum absolute atomic E-state index is 6.44. The molecule has 48 heavy (non-hydrogen) atoms. The van der Waals surface area contributed by atoms with Crippen molar-refractivity contribution in [3.63, 3.8) is 0 Å². The molecule has 0 saturated carbocycles. The summed E-state index contributed by atoms with van der Waals surface area (Å²) in [6.45, 7) is 6.41. The van der Waals surface area contributed by atoms with Crippen LogP contribution in [0.5, 0.6) is 0 Å². The lowest BCUT2D eigenvalue weighted by molar-refractivity contribution is 0.585. The second kappa shape index (κ2) is 11.0. The van der Waals surface area contributed by atoms with Crippen LogP contribution in [0.25, 0.3) is 88.6 Å². The monoisotopic (exact) mass is 616 g/mol. The molecule has 8 aromatic carbocycles. The van der Waals surface area contributed by atoms with E-state index in [9.17, 15) is 0 Å². The molecule has 9 rings (SSSR count). The topological polar surface area (TPSA) is 38.9 Å². The number of benzene rings is 8. The molecule has 0 radical (unpaired) electrons. The SMILES string of the molecule is Cc1ccc(-c2cc(-c3ccc(C)cc3)c3ccc4c(-c5nnc(-c6ccccc6)o5)cc(-c5ccc(C)cc5)c5ccc2c3c54)cc1. The lowest BCUT2D eigenvalue weighted by Gasteiger charge is -2.21. The van der Waals surface area contributed by atoms with Gasteiger partial charge in [0.1, 0.15) is 0 Å². The molecule has 0 aliphatic rings. The van der Waals surface area contributed by atoms with E-state index in [2.05, 4.69) is 140 Å². The number of nitrogens with zero attached hydrogens (tertiary/aromatic N) is 2. The Bertz CT molecular complexity index is 2530. The fourth-order valence-electron chi connectivity index (χ4n) is 7.12. The Balaban J connectivity index is 1.42. The van der Waals surface area contributed by atoms with Crippen molar-refractivity contribution in [3.8, 4) is 56.3 Å². The van der Waals surface area contributed by atoms with Crippen LogP contribution in [0.4, 0.5) is 0 Å². The minimum atomic E-state index is 0.511. The molecule has 0 amide bonds. The molecule has 1 aromatic heterocycles. The summed E-state index contributed by atoms with van der Waals surface area (Å²) in [6.07, 6.45) is 0. The first kappa shape index (κ1) is 28.2. The summed E-state index contributed by atoms with van der Waals surface area (Å²) in [5.74, 6) is 1.02. The van der Waals surface area contributed by atoms with Crippen LogP contribution in [0, 0.1) is 20.8 Å². The van der Waals surface area contributed by atoms with Crippen LogP contribution >= 0.6 is 0 Å². The van der Waals surface area contributed by atoms with Gasteiger partial charge in [-0.15, -0.1) is 10.2 Å². The number of aromatic nitrogens is 2. The Morgan fingerprint density at radius 3 is 1.17 bits per heavy atom. The highest BCUT2D eigenvalue weighted by Crippen LogP contribution is 2.48. The Labute approximate surface area is 279 Å². The van der Waals surface area contributed by atoms with Crippen molar-refractivity contribution in [2.24, 2.45) is 0 Å². The van der Waals surface area contributed by atoms with Crippen molar-refractivity contribution in [3.05, 3.63) is 156 Å². The molecule has 0 bridgehead atoms. The molecule has 9 aromatic rings.